The third-order valence-corrected chi connectivity index (χ3v) is 6.63. The van der Waals surface area contributed by atoms with E-state index in [2.05, 4.69) is 44.8 Å². The Morgan fingerprint density at radius 3 is 2.53 bits per heavy atom. The van der Waals surface area contributed by atoms with Crippen molar-refractivity contribution in [3.63, 3.8) is 0 Å². The highest BCUT2D eigenvalue weighted by atomic mass is 35.5. The summed E-state index contributed by atoms with van der Waals surface area (Å²) in [6.45, 7) is 3.85. The molecule has 0 aliphatic carbocycles. The van der Waals surface area contributed by atoms with Crippen LogP contribution in [0, 0.1) is 5.82 Å². The summed E-state index contributed by atoms with van der Waals surface area (Å²) in [6.07, 6.45) is 1.66. The molecule has 2 aromatic carbocycles. The van der Waals surface area contributed by atoms with Crippen LogP contribution in [-0.2, 0) is 7.05 Å². The van der Waals surface area contributed by atoms with Gasteiger partial charge in [-0.05, 0) is 47.5 Å². The van der Waals surface area contributed by atoms with E-state index >= 15 is 0 Å². The Hall–Kier alpha value is -3.42. The Bertz CT molecular complexity index is 1380. The molecule has 0 unspecified atom stereocenters. The number of nitrogens with one attached hydrogen (secondary N) is 2. The number of anilines is 1. The highest BCUT2D eigenvalue weighted by molar-refractivity contribution is 6.37. The monoisotopic (exact) mass is 477 g/mol. The topological polar surface area (TPSA) is 62.2 Å². The van der Waals surface area contributed by atoms with Crippen molar-refractivity contribution in [3.8, 4) is 22.4 Å². The van der Waals surface area contributed by atoms with Gasteiger partial charge in [-0.3, -0.25) is 4.79 Å². The number of pyridine rings is 1. The molecule has 1 fully saturated rings. The van der Waals surface area contributed by atoms with Gasteiger partial charge in [-0.2, -0.15) is 0 Å². The number of nitrogens with zero attached hydrogens (tertiary/aromatic N) is 3. The van der Waals surface area contributed by atoms with Gasteiger partial charge in [0, 0.05) is 68.7 Å². The van der Waals surface area contributed by atoms with E-state index in [0.717, 1.165) is 54.1 Å². The number of aromatic nitrogens is 2. The van der Waals surface area contributed by atoms with Crippen LogP contribution >= 0.6 is 11.6 Å². The lowest BCUT2D eigenvalue weighted by atomic mass is 9.96. The normalized spacial score (nSPS) is 13.9. The first-order chi connectivity index (χ1) is 16.5. The molecule has 2 aromatic heterocycles. The summed E-state index contributed by atoms with van der Waals surface area (Å²) in [5.41, 5.74) is 5.22. The molecular formula is C26H25ClFN5O. The fourth-order valence-corrected chi connectivity index (χ4v) is 4.92. The largest absolute Gasteiger partial charge is 0.369 e. The van der Waals surface area contributed by atoms with E-state index in [1.165, 1.54) is 19.2 Å². The molecular weight excluding hydrogens is 453 g/mol. The second-order valence-electron chi connectivity index (χ2n) is 8.37. The minimum Gasteiger partial charge on any atom is -0.369 e. The Balaban J connectivity index is 1.72. The van der Waals surface area contributed by atoms with Crippen LogP contribution in [0.3, 0.4) is 0 Å². The molecule has 6 nitrogen and oxygen atoms in total. The highest BCUT2D eigenvalue weighted by Gasteiger charge is 2.23. The average Bonchev–Trinajstić information content (AvgIpc) is 3.17. The van der Waals surface area contributed by atoms with Gasteiger partial charge in [0.05, 0.1) is 10.7 Å². The zero-order valence-corrected chi connectivity index (χ0v) is 19.8. The number of aryl methyl sites for hydroxylation is 1. The van der Waals surface area contributed by atoms with Crippen LogP contribution in [0.15, 0.2) is 54.7 Å². The quantitative estimate of drug-likeness (QED) is 0.455. The van der Waals surface area contributed by atoms with Crippen molar-refractivity contribution in [1.29, 1.82) is 0 Å². The smallest absolute Gasteiger partial charge is 0.251 e. The number of halogens is 2. The van der Waals surface area contributed by atoms with Crippen molar-refractivity contribution in [2.45, 2.75) is 0 Å². The maximum absolute atomic E-state index is 14.7. The second-order valence-corrected chi connectivity index (χ2v) is 8.77. The summed E-state index contributed by atoms with van der Waals surface area (Å²) in [6, 6.07) is 14.4. The molecule has 0 bridgehead atoms. The fraction of sp³-hybridized carbons (Fsp3) is 0.231. The molecule has 1 amide bonds. The molecule has 5 rings (SSSR count). The van der Waals surface area contributed by atoms with Gasteiger partial charge in [0.15, 0.2) is 0 Å². The minimum atomic E-state index is -0.492. The number of hydrogen-bond donors (Lipinski definition) is 2. The fourth-order valence-electron chi connectivity index (χ4n) is 4.69. The number of fused-ring (bicyclic) bond motifs is 1. The molecule has 1 aliphatic heterocycles. The van der Waals surface area contributed by atoms with E-state index in [0.29, 0.717) is 16.2 Å². The van der Waals surface area contributed by atoms with Crippen LogP contribution < -0.4 is 15.5 Å². The van der Waals surface area contributed by atoms with Crippen molar-refractivity contribution in [2.24, 2.45) is 7.05 Å². The molecule has 8 heteroatoms. The van der Waals surface area contributed by atoms with Crippen LogP contribution in [-0.4, -0.2) is 48.7 Å². The van der Waals surface area contributed by atoms with Gasteiger partial charge in [0.25, 0.3) is 5.91 Å². The first-order valence-electron chi connectivity index (χ1n) is 11.2. The highest BCUT2D eigenvalue weighted by Crippen LogP contribution is 2.43. The van der Waals surface area contributed by atoms with Gasteiger partial charge in [0.2, 0.25) is 0 Å². The standard InChI is InChI=1S/C26H25ClFN5O/c1-29-26(34)18-13-17(14-19(28)15-18)22-23-21(27)7-8-31-25(23)32(2)24(22)16-3-5-20(6-4-16)33-11-9-30-10-12-33/h3-8,13-15,30H,9-12H2,1-2H3,(H,29,34). The first-order valence-corrected chi connectivity index (χ1v) is 11.6. The number of amides is 1. The molecule has 0 saturated carbocycles. The molecule has 4 aromatic rings. The van der Waals surface area contributed by atoms with Crippen molar-refractivity contribution < 1.29 is 9.18 Å². The number of carbonyl (C=O) groups excluding carboxylic acids is 1. The number of benzene rings is 2. The number of hydrogen-bond acceptors (Lipinski definition) is 4. The molecule has 1 aliphatic rings. The molecule has 174 valence electrons. The predicted molar refractivity (Wildman–Crippen MR) is 135 cm³/mol. The molecule has 2 N–H and O–H groups in total. The van der Waals surface area contributed by atoms with Crippen LogP contribution in [0.4, 0.5) is 10.1 Å². The summed E-state index contributed by atoms with van der Waals surface area (Å²) in [5.74, 6) is -0.847. The number of rotatable bonds is 4. The molecule has 0 atom stereocenters. The SMILES string of the molecule is CNC(=O)c1cc(F)cc(-c2c(-c3ccc(N4CCNCC4)cc3)n(C)c3nccc(Cl)c23)c1. The van der Waals surface area contributed by atoms with Crippen molar-refractivity contribution in [2.75, 3.05) is 38.1 Å². The van der Waals surface area contributed by atoms with Crippen LogP contribution in [0.2, 0.25) is 5.02 Å². The molecule has 1 saturated heterocycles. The van der Waals surface area contributed by atoms with E-state index in [9.17, 15) is 9.18 Å². The number of piperazine rings is 1. The van der Waals surface area contributed by atoms with Gasteiger partial charge in [-0.1, -0.05) is 23.7 Å². The lowest BCUT2D eigenvalue weighted by Crippen LogP contribution is -2.43. The average molecular weight is 478 g/mol. The molecule has 3 heterocycles. The van der Waals surface area contributed by atoms with Gasteiger partial charge < -0.3 is 20.1 Å². The van der Waals surface area contributed by atoms with E-state index in [1.807, 2.05) is 11.6 Å². The van der Waals surface area contributed by atoms with E-state index in [4.69, 9.17) is 11.6 Å². The summed E-state index contributed by atoms with van der Waals surface area (Å²) in [7, 11) is 3.45. The third kappa shape index (κ3) is 3.91. The molecule has 0 radical (unpaired) electrons. The molecule has 0 spiro atoms. The Labute approximate surface area is 202 Å². The van der Waals surface area contributed by atoms with Gasteiger partial charge in [-0.25, -0.2) is 9.37 Å². The third-order valence-electron chi connectivity index (χ3n) is 6.32. The van der Waals surface area contributed by atoms with Crippen LogP contribution in [0.5, 0.6) is 0 Å². The van der Waals surface area contributed by atoms with E-state index in [-0.39, 0.29) is 11.5 Å². The maximum atomic E-state index is 14.7. The molecule has 34 heavy (non-hydrogen) atoms. The Kier molecular flexibility index (Phi) is 5.98. The van der Waals surface area contributed by atoms with E-state index in [1.54, 1.807) is 18.3 Å². The number of carbonyl (C=O) groups is 1. The minimum absolute atomic E-state index is 0.245. The summed E-state index contributed by atoms with van der Waals surface area (Å²) < 4.78 is 16.6. The van der Waals surface area contributed by atoms with Crippen molar-refractivity contribution in [1.82, 2.24) is 20.2 Å². The van der Waals surface area contributed by atoms with Crippen molar-refractivity contribution in [3.05, 3.63) is 71.1 Å². The summed E-state index contributed by atoms with van der Waals surface area (Å²) >= 11 is 6.64. The zero-order chi connectivity index (χ0) is 23.8. The van der Waals surface area contributed by atoms with Crippen LogP contribution in [0.1, 0.15) is 10.4 Å². The van der Waals surface area contributed by atoms with Gasteiger partial charge in [0.1, 0.15) is 11.5 Å². The maximum Gasteiger partial charge on any atom is 0.251 e. The van der Waals surface area contributed by atoms with Crippen LogP contribution in [0.25, 0.3) is 33.4 Å². The zero-order valence-electron chi connectivity index (χ0n) is 19.0. The summed E-state index contributed by atoms with van der Waals surface area (Å²) in [4.78, 5) is 19.2. The van der Waals surface area contributed by atoms with Crippen molar-refractivity contribution >= 4 is 34.2 Å². The van der Waals surface area contributed by atoms with Gasteiger partial charge in [-0.15, -0.1) is 0 Å². The Morgan fingerprint density at radius 2 is 1.82 bits per heavy atom. The van der Waals surface area contributed by atoms with Gasteiger partial charge >= 0.3 is 0 Å². The lowest BCUT2D eigenvalue weighted by molar-refractivity contribution is 0.0962. The lowest BCUT2D eigenvalue weighted by Gasteiger charge is -2.29. The second kappa shape index (κ2) is 9.08. The first kappa shape index (κ1) is 22.4. The van der Waals surface area contributed by atoms with E-state index < -0.39 is 5.82 Å². The Morgan fingerprint density at radius 1 is 1.09 bits per heavy atom. The summed E-state index contributed by atoms with van der Waals surface area (Å²) in [5, 5.41) is 7.18. The predicted octanol–water partition coefficient (Wildman–Crippen LogP) is 4.47.